The summed E-state index contributed by atoms with van der Waals surface area (Å²) in [5.74, 6) is 0.180. The third-order valence-corrected chi connectivity index (χ3v) is 6.54. The van der Waals surface area contributed by atoms with Crippen molar-refractivity contribution in [2.24, 2.45) is 5.73 Å². The zero-order chi connectivity index (χ0) is 18.8. The van der Waals surface area contributed by atoms with Gasteiger partial charge in [-0.05, 0) is 36.3 Å². The molecular formula is C21H26ClN3O2S. The molecule has 28 heavy (non-hydrogen) atoms. The van der Waals surface area contributed by atoms with Crippen LogP contribution in [-0.2, 0) is 4.79 Å². The largest absolute Gasteiger partial charge is 0.339 e. The lowest BCUT2D eigenvalue weighted by atomic mass is 9.95. The van der Waals surface area contributed by atoms with Crippen LogP contribution in [0.4, 0.5) is 0 Å². The molecule has 2 aliphatic rings. The second-order valence-electron chi connectivity index (χ2n) is 7.41. The molecule has 3 heterocycles. The Kier molecular flexibility index (Phi) is 6.75. The number of benzene rings is 1. The van der Waals surface area contributed by atoms with Gasteiger partial charge in [0.15, 0.2) is 0 Å². The zero-order valence-corrected chi connectivity index (χ0v) is 17.3. The molecule has 2 fully saturated rings. The predicted molar refractivity (Wildman–Crippen MR) is 114 cm³/mol. The number of piperidine rings is 1. The zero-order valence-electron chi connectivity index (χ0n) is 15.7. The summed E-state index contributed by atoms with van der Waals surface area (Å²) in [4.78, 5) is 30.5. The van der Waals surface area contributed by atoms with Crippen molar-refractivity contribution in [1.82, 2.24) is 9.80 Å². The number of hydrogen-bond donors (Lipinski definition) is 1. The molecule has 1 aromatic carbocycles. The molecular weight excluding hydrogens is 394 g/mol. The summed E-state index contributed by atoms with van der Waals surface area (Å²) in [7, 11) is 0. The van der Waals surface area contributed by atoms with E-state index < -0.39 is 0 Å². The van der Waals surface area contributed by atoms with Crippen molar-refractivity contribution in [3.8, 4) is 0 Å². The van der Waals surface area contributed by atoms with Crippen LogP contribution >= 0.6 is 23.7 Å². The van der Waals surface area contributed by atoms with Gasteiger partial charge in [-0.2, -0.15) is 0 Å². The summed E-state index contributed by atoms with van der Waals surface area (Å²) in [6.07, 6.45) is 2.66. The minimum absolute atomic E-state index is 0. The number of thiophene rings is 1. The van der Waals surface area contributed by atoms with Gasteiger partial charge < -0.3 is 15.5 Å². The fourth-order valence-corrected chi connectivity index (χ4v) is 4.92. The van der Waals surface area contributed by atoms with Gasteiger partial charge in [-0.15, -0.1) is 23.7 Å². The summed E-state index contributed by atoms with van der Waals surface area (Å²) in [6.45, 7) is 1.83. The van der Waals surface area contributed by atoms with E-state index in [0.29, 0.717) is 24.5 Å². The molecule has 7 heteroatoms. The third-order valence-electron chi connectivity index (χ3n) is 5.69. The minimum atomic E-state index is -0.366. The summed E-state index contributed by atoms with van der Waals surface area (Å²) in [6, 6.07) is 13.4. The Bertz CT molecular complexity index is 799. The van der Waals surface area contributed by atoms with E-state index >= 15 is 0 Å². The van der Waals surface area contributed by atoms with Crippen molar-refractivity contribution in [2.45, 2.75) is 37.3 Å². The lowest BCUT2D eigenvalue weighted by molar-refractivity contribution is -0.136. The second kappa shape index (κ2) is 9.07. The number of rotatable bonds is 3. The number of carbonyl (C=O) groups excluding carboxylic acids is 2. The fraction of sp³-hybridized carbons (Fsp3) is 0.429. The average molecular weight is 420 g/mol. The van der Waals surface area contributed by atoms with Crippen molar-refractivity contribution in [3.63, 3.8) is 0 Å². The Morgan fingerprint density at radius 1 is 1.04 bits per heavy atom. The van der Waals surface area contributed by atoms with Crippen LogP contribution in [0.25, 0.3) is 0 Å². The lowest BCUT2D eigenvalue weighted by Crippen LogP contribution is -2.52. The summed E-state index contributed by atoms with van der Waals surface area (Å²) in [5.41, 5.74) is 7.54. The highest BCUT2D eigenvalue weighted by atomic mass is 35.5. The molecule has 2 amide bonds. The molecule has 2 saturated heterocycles. The molecule has 0 aliphatic carbocycles. The van der Waals surface area contributed by atoms with Crippen LogP contribution in [0.2, 0.25) is 0 Å². The molecule has 2 N–H and O–H groups in total. The summed E-state index contributed by atoms with van der Waals surface area (Å²) >= 11 is 1.43. The van der Waals surface area contributed by atoms with E-state index in [1.54, 1.807) is 4.90 Å². The Labute approximate surface area is 175 Å². The Hall–Kier alpha value is -1.89. The van der Waals surface area contributed by atoms with Crippen LogP contribution in [0.1, 0.15) is 40.4 Å². The normalized spacial score (nSPS) is 24.7. The molecule has 4 rings (SSSR count). The monoisotopic (exact) mass is 419 g/mol. The number of hydrogen-bond acceptors (Lipinski definition) is 4. The molecule has 2 aliphatic heterocycles. The van der Waals surface area contributed by atoms with Crippen molar-refractivity contribution in [2.75, 3.05) is 19.6 Å². The molecule has 0 spiro atoms. The molecule has 0 saturated carbocycles. The van der Waals surface area contributed by atoms with Crippen molar-refractivity contribution < 1.29 is 9.59 Å². The van der Waals surface area contributed by atoms with Gasteiger partial charge in [-0.25, -0.2) is 0 Å². The van der Waals surface area contributed by atoms with Gasteiger partial charge in [0.05, 0.1) is 4.88 Å². The van der Waals surface area contributed by atoms with Crippen molar-refractivity contribution in [1.29, 1.82) is 0 Å². The fourth-order valence-electron chi connectivity index (χ4n) is 4.25. The molecule has 1 aromatic heterocycles. The molecule has 1 unspecified atom stereocenters. The van der Waals surface area contributed by atoms with E-state index in [1.807, 2.05) is 40.6 Å². The summed E-state index contributed by atoms with van der Waals surface area (Å²) in [5, 5.41) is 1.90. The van der Waals surface area contributed by atoms with Crippen molar-refractivity contribution >= 4 is 35.6 Å². The van der Waals surface area contributed by atoms with E-state index in [9.17, 15) is 9.59 Å². The number of halogens is 1. The number of likely N-dealkylation sites (tertiary alicyclic amines) is 2. The first-order chi connectivity index (χ1) is 13.1. The quantitative estimate of drug-likeness (QED) is 0.831. The van der Waals surface area contributed by atoms with E-state index in [-0.39, 0.29) is 42.2 Å². The number of nitrogens with zero attached hydrogens (tertiary/aromatic N) is 2. The third kappa shape index (κ3) is 4.09. The minimum Gasteiger partial charge on any atom is -0.339 e. The first-order valence-electron chi connectivity index (χ1n) is 9.59. The molecule has 150 valence electrons. The Morgan fingerprint density at radius 2 is 1.82 bits per heavy atom. The van der Waals surface area contributed by atoms with Gasteiger partial charge in [-0.3, -0.25) is 9.59 Å². The maximum absolute atomic E-state index is 13.3. The maximum Gasteiger partial charge on any atom is 0.264 e. The Balaban J connectivity index is 0.00000225. The number of amides is 2. The molecule has 0 radical (unpaired) electrons. The number of carbonyl (C=O) groups is 2. The van der Waals surface area contributed by atoms with Crippen LogP contribution in [0.3, 0.4) is 0 Å². The molecule has 3 atom stereocenters. The van der Waals surface area contributed by atoms with Gasteiger partial charge in [0.2, 0.25) is 5.91 Å². The van der Waals surface area contributed by atoms with Crippen molar-refractivity contribution in [3.05, 3.63) is 58.3 Å². The first kappa shape index (κ1) is 20.8. The van der Waals surface area contributed by atoms with Gasteiger partial charge in [0.25, 0.3) is 5.91 Å². The molecule has 0 bridgehead atoms. The topological polar surface area (TPSA) is 66.6 Å². The van der Waals surface area contributed by atoms with E-state index in [0.717, 1.165) is 19.3 Å². The summed E-state index contributed by atoms with van der Waals surface area (Å²) < 4.78 is 0. The molecule has 5 nitrogen and oxygen atoms in total. The predicted octanol–water partition coefficient (Wildman–Crippen LogP) is 3.12. The van der Waals surface area contributed by atoms with Gasteiger partial charge in [0, 0.05) is 31.6 Å². The number of nitrogens with two attached hydrogens (primary N) is 1. The Morgan fingerprint density at radius 3 is 2.54 bits per heavy atom. The SMILES string of the molecule is Cl.N[C@@H]1CN(C(=O)C2CCCCN2C(=O)c2cccs2)C[C@H]1c1ccccc1. The van der Waals surface area contributed by atoms with E-state index in [1.165, 1.54) is 16.9 Å². The van der Waals surface area contributed by atoms with Gasteiger partial charge in [-0.1, -0.05) is 36.4 Å². The van der Waals surface area contributed by atoms with E-state index in [2.05, 4.69) is 12.1 Å². The van der Waals surface area contributed by atoms with Gasteiger partial charge >= 0.3 is 0 Å². The van der Waals surface area contributed by atoms with Gasteiger partial charge in [0.1, 0.15) is 6.04 Å². The first-order valence-corrected chi connectivity index (χ1v) is 10.5. The van der Waals surface area contributed by atoms with Crippen LogP contribution in [0.5, 0.6) is 0 Å². The highest BCUT2D eigenvalue weighted by Crippen LogP contribution is 2.29. The lowest BCUT2D eigenvalue weighted by Gasteiger charge is -2.36. The van der Waals surface area contributed by atoms with Crippen LogP contribution in [0.15, 0.2) is 47.8 Å². The second-order valence-corrected chi connectivity index (χ2v) is 8.36. The van der Waals surface area contributed by atoms with Crippen LogP contribution in [-0.4, -0.2) is 53.3 Å². The van der Waals surface area contributed by atoms with Crippen LogP contribution < -0.4 is 5.73 Å². The highest BCUT2D eigenvalue weighted by Gasteiger charge is 2.40. The van der Waals surface area contributed by atoms with Crippen LogP contribution in [0, 0.1) is 0 Å². The molecule has 2 aromatic rings. The standard InChI is InChI=1S/C21H25N3O2S.ClH/c22-17-14-23(13-16(17)15-7-2-1-3-8-15)20(25)18-9-4-5-11-24(18)21(26)19-10-6-12-27-19;/h1-3,6-8,10,12,16-18H,4-5,9,11,13-14,22H2;1H/t16-,17+,18?;/m0./s1. The smallest absolute Gasteiger partial charge is 0.264 e. The maximum atomic E-state index is 13.3. The van der Waals surface area contributed by atoms with E-state index in [4.69, 9.17) is 5.73 Å². The average Bonchev–Trinajstić information content (AvgIpc) is 3.37. The highest BCUT2D eigenvalue weighted by molar-refractivity contribution is 7.12.